The van der Waals surface area contributed by atoms with Crippen LogP contribution in [0, 0.1) is 5.82 Å². The fraction of sp³-hybridized carbons (Fsp3) is 0.158. The zero-order chi connectivity index (χ0) is 19.7. The summed E-state index contributed by atoms with van der Waals surface area (Å²) in [5.74, 6) is -0.658. The number of halogens is 2. The number of fused-ring (bicyclic) bond motifs is 1. The molecule has 8 heteroatoms. The van der Waals surface area contributed by atoms with Crippen molar-refractivity contribution in [2.24, 2.45) is 0 Å². The number of nitrogens with zero attached hydrogens (tertiary/aromatic N) is 1. The van der Waals surface area contributed by atoms with E-state index in [4.69, 9.17) is 21.1 Å². The monoisotopic (exact) mass is 390 g/mol. The molecular weight excluding hydrogens is 375 g/mol. The lowest BCUT2D eigenvalue weighted by Gasteiger charge is -2.13. The summed E-state index contributed by atoms with van der Waals surface area (Å²) in [4.78, 5) is 24.7. The topological polar surface area (TPSA) is 69.6 Å². The lowest BCUT2D eigenvalue weighted by molar-refractivity contribution is 0.0941. The molecule has 0 unspecified atom stereocenters. The first-order valence-corrected chi connectivity index (χ1v) is 8.28. The molecule has 0 atom stereocenters. The van der Waals surface area contributed by atoms with E-state index in [1.165, 1.54) is 62.2 Å². The molecule has 0 bridgehead atoms. The van der Waals surface area contributed by atoms with Gasteiger partial charge in [0.25, 0.3) is 5.91 Å². The maximum absolute atomic E-state index is 13.7. The van der Waals surface area contributed by atoms with Gasteiger partial charge in [-0.15, -0.1) is 0 Å². The maximum atomic E-state index is 13.7. The number of hydrogen-bond donors (Lipinski definition) is 1. The molecule has 0 saturated heterocycles. The van der Waals surface area contributed by atoms with Crippen LogP contribution in [0.1, 0.15) is 22.1 Å². The lowest BCUT2D eigenvalue weighted by atomic mass is 10.1. The second kappa shape index (κ2) is 7.28. The van der Waals surface area contributed by atoms with Crippen LogP contribution >= 0.6 is 11.6 Å². The van der Waals surface area contributed by atoms with Crippen LogP contribution in [0.25, 0.3) is 10.9 Å². The number of nitrogens with one attached hydrogen (secondary N) is 1. The Hall–Kier alpha value is -3.06. The van der Waals surface area contributed by atoms with Gasteiger partial charge in [-0.25, -0.2) is 4.39 Å². The number of hydrogen-bond acceptors (Lipinski definition) is 4. The zero-order valence-electron chi connectivity index (χ0n) is 14.8. The summed E-state index contributed by atoms with van der Waals surface area (Å²) in [6.07, 6.45) is 1.38. The summed E-state index contributed by atoms with van der Waals surface area (Å²) in [5, 5.41) is 3.34. The van der Waals surface area contributed by atoms with E-state index in [1.807, 2.05) is 0 Å². The van der Waals surface area contributed by atoms with Gasteiger partial charge in [-0.3, -0.25) is 14.2 Å². The van der Waals surface area contributed by atoms with E-state index in [-0.39, 0.29) is 11.5 Å². The first kappa shape index (κ1) is 18.7. The van der Waals surface area contributed by atoms with Crippen molar-refractivity contribution in [1.82, 2.24) is 4.57 Å². The summed E-state index contributed by atoms with van der Waals surface area (Å²) in [6.45, 7) is 1.36. The molecule has 1 heterocycles. The Kier molecular flexibility index (Phi) is 5.05. The van der Waals surface area contributed by atoms with Crippen LogP contribution < -0.4 is 14.8 Å². The lowest BCUT2D eigenvalue weighted by Crippen LogP contribution is -2.13. The highest BCUT2D eigenvalue weighted by Gasteiger charge is 2.20. The molecule has 1 aromatic heterocycles. The van der Waals surface area contributed by atoms with Gasteiger partial charge in [-0.1, -0.05) is 11.6 Å². The van der Waals surface area contributed by atoms with Crippen molar-refractivity contribution in [1.29, 1.82) is 0 Å². The van der Waals surface area contributed by atoms with Crippen LogP contribution in [0.2, 0.25) is 5.02 Å². The van der Waals surface area contributed by atoms with Gasteiger partial charge >= 0.3 is 0 Å². The van der Waals surface area contributed by atoms with Gasteiger partial charge in [0.15, 0.2) is 0 Å². The van der Waals surface area contributed by atoms with Gasteiger partial charge in [-0.05, 0) is 18.2 Å². The fourth-order valence-electron chi connectivity index (χ4n) is 2.79. The smallest absolute Gasteiger partial charge is 0.257 e. The molecule has 0 saturated carbocycles. The molecule has 3 rings (SSSR count). The second-order valence-electron chi connectivity index (χ2n) is 5.73. The molecule has 2 aromatic carbocycles. The number of anilines is 1. The number of rotatable bonds is 4. The molecule has 3 aromatic rings. The first-order chi connectivity index (χ1) is 12.8. The highest BCUT2D eigenvalue weighted by atomic mass is 35.5. The number of carbonyl (C=O) groups is 2. The minimum absolute atomic E-state index is 0.149. The Bertz CT molecular complexity index is 1060. The molecule has 0 spiro atoms. The third-order valence-corrected chi connectivity index (χ3v) is 4.37. The van der Waals surface area contributed by atoms with E-state index in [1.54, 1.807) is 0 Å². The minimum atomic E-state index is -0.534. The van der Waals surface area contributed by atoms with E-state index in [9.17, 15) is 14.0 Å². The molecule has 6 nitrogen and oxygen atoms in total. The van der Waals surface area contributed by atoms with Crippen molar-refractivity contribution in [3.8, 4) is 11.5 Å². The van der Waals surface area contributed by atoms with Crippen molar-refractivity contribution >= 4 is 40.0 Å². The predicted molar refractivity (Wildman–Crippen MR) is 101 cm³/mol. The zero-order valence-corrected chi connectivity index (χ0v) is 15.6. The van der Waals surface area contributed by atoms with Crippen LogP contribution in [0.4, 0.5) is 10.1 Å². The van der Waals surface area contributed by atoms with Gasteiger partial charge in [0.2, 0.25) is 5.91 Å². The number of aromatic nitrogens is 1. The maximum Gasteiger partial charge on any atom is 0.257 e. The molecule has 140 valence electrons. The summed E-state index contributed by atoms with van der Waals surface area (Å²) in [7, 11) is 2.88. The predicted octanol–water partition coefficient (Wildman–Crippen LogP) is 4.36. The third-order valence-electron chi connectivity index (χ3n) is 4.07. The average Bonchev–Trinajstić information content (AvgIpc) is 3.01. The Morgan fingerprint density at radius 3 is 2.44 bits per heavy atom. The van der Waals surface area contributed by atoms with Crippen LogP contribution in [-0.4, -0.2) is 30.6 Å². The molecular formula is C19H16ClFN2O4. The standard InChI is InChI=1S/C19H16ClFN2O4/c1-10(24)23-9-13(12-6-11(21)4-5-16(12)23)19(25)22-15-8-17(26-2)14(20)7-18(15)27-3/h4-9H,1-3H3,(H,22,25). The normalized spacial score (nSPS) is 10.7. The number of amides is 1. The van der Waals surface area contributed by atoms with E-state index in [0.717, 1.165) is 0 Å². The quantitative estimate of drug-likeness (QED) is 0.718. The van der Waals surface area contributed by atoms with E-state index < -0.39 is 11.7 Å². The Morgan fingerprint density at radius 2 is 1.81 bits per heavy atom. The van der Waals surface area contributed by atoms with Crippen molar-refractivity contribution in [3.05, 3.63) is 52.9 Å². The number of carbonyl (C=O) groups excluding carboxylic acids is 2. The summed E-state index contributed by atoms with van der Waals surface area (Å²) in [6, 6.07) is 6.92. The average molecular weight is 391 g/mol. The van der Waals surface area contributed by atoms with Gasteiger partial charge < -0.3 is 14.8 Å². The molecule has 0 aliphatic heterocycles. The van der Waals surface area contributed by atoms with Crippen molar-refractivity contribution < 1.29 is 23.5 Å². The van der Waals surface area contributed by atoms with Crippen LogP contribution in [0.3, 0.4) is 0 Å². The first-order valence-electron chi connectivity index (χ1n) is 7.90. The number of benzene rings is 2. The summed E-state index contributed by atoms with van der Waals surface area (Å²) >= 11 is 6.07. The third kappa shape index (κ3) is 3.46. The Morgan fingerprint density at radius 1 is 1.11 bits per heavy atom. The fourth-order valence-corrected chi connectivity index (χ4v) is 3.02. The molecule has 0 radical (unpaired) electrons. The molecule has 0 fully saturated rings. The largest absolute Gasteiger partial charge is 0.495 e. The van der Waals surface area contributed by atoms with E-state index in [0.29, 0.717) is 33.1 Å². The molecule has 1 amide bonds. The van der Waals surface area contributed by atoms with Gasteiger partial charge in [0, 0.05) is 30.6 Å². The Labute approximate surface area is 159 Å². The molecule has 0 aliphatic rings. The van der Waals surface area contributed by atoms with Crippen LogP contribution in [-0.2, 0) is 0 Å². The van der Waals surface area contributed by atoms with Crippen LogP contribution in [0.5, 0.6) is 11.5 Å². The van der Waals surface area contributed by atoms with Crippen molar-refractivity contribution in [3.63, 3.8) is 0 Å². The minimum Gasteiger partial charge on any atom is -0.495 e. The van der Waals surface area contributed by atoms with Gasteiger partial charge in [-0.2, -0.15) is 0 Å². The number of methoxy groups -OCH3 is 2. The highest BCUT2D eigenvalue weighted by molar-refractivity contribution is 6.32. The number of ether oxygens (including phenoxy) is 2. The molecule has 1 N–H and O–H groups in total. The van der Waals surface area contributed by atoms with E-state index in [2.05, 4.69) is 5.32 Å². The molecule has 27 heavy (non-hydrogen) atoms. The van der Waals surface area contributed by atoms with Gasteiger partial charge in [0.05, 0.1) is 36.0 Å². The van der Waals surface area contributed by atoms with Crippen molar-refractivity contribution in [2.75, 3.05) is 19.5 Å². The Balaban J connectivity index is 2.07. The van der Waals surface area contributed by atoms with Crippen molar-refractivity contribution in [2.45, 2.75) is 6.92 Å². The SMILES string of the molecule is COc1cc(NC(=O)c2cn(C(C)=O)c3ccc(F)cc23)c(OC)cc1Cl. The summed E-state index contributed by atoms with van der Waals surface area (Å²) < 4.78 is 25.4. The second-order valence-corrected chi connectivity index (χ2v) is 6.14. The molecule has 0 aliphatic carbocycles. The highest BCUT2D eigenvalue weighted by Crippen LogP contribution is 2.36. The van der Waals surface area contributed by atoms with E-state index >= 15 is 0 Å². The van der Waals surface area contributed by atoms with Crippen LogP contribution in [0.15, 0.2) is 36.5 Å². The summed E-state index contributed by atoms with van der Waals surface area (Å²) in [5.41, 5.74) is 0.911. The van der Waals surface area contributed by atoms with Gasteiger partial charge in [0.1, 0.15) is 17.3 Å².